The lowest BCUT2D eigenvalue weighted by molar-refractivity contribution is -0.147. The Hall–Kier alpha value is -0.610. The summed E-state index contributed by atoms with van der Waals surface area (Å²) in [5.74, 6) is 0.653. The Balaban J connectivity index is 2.54. The Labute approximate surface area is 129 Å². The van der Waals surface area contributed by atoms with Gasteiger partial charge in [-0.3, -0.25) is 10.1 Å². The second-order valence-electron chi connectivity index (χ2n) is 7.48. The lowest BCUT2D eigenvalue weighted by Gasteiger charge is -2.36. The zero-order chi connectivity index (χ0) is 16.2. The predicted octanol–water partition coefficient (Wildman–Crippen LogP) is 3.45. The zero-order valence-electron chi connectivity index (χ0n) is 14.5. The van der Waals surface area contributed by atoms with Crippen molar-refractivity contribution < 1.29 is 14.6 Å². The van der Waals surface area contributed by atoms with Crippen LogP contribution in [0.5, 0.6) is 0 Å². The largest absolute Gasteiger partial charge is 0.480 e. The predicted molar refractivity (Wildman–Crippen MR) is 85.4 cm³/mol. The molecule has 0 aromatic heterocycles. The first-order valence-corrected chi connectivity index (χ1v) is 8.30. The first kappa shape index (κ1) is 18.4. The number of nitrogens with one attached hydrogen (secondary N) is 1. The molecule has 2 N–H and O–H groups in total. The van der Waals surface area contributed by atoms with Gasteiger partial charge in [-0.2, -0.15) is 0 Å². The molecule has 0 heterocycles. The van der Waals surface area contributed by atoms with E-state index in [0.717, 1.165) is 18.8 Å². The smallest absolute Gasteiger partial charge is 0.323 e. The highest BCUT2D eigenvalue weighted by Crippen LogP contribution is 2.32. The van der Waals surface area contributed by atoms with Crippen molar-refractivity contribution in [2.75, 3.05) is 0 Å². The quantitative estimate of drug-likeness (QED) is 0.756. The summed E-state index contributed by atoms with van der Waals surface area (Å²) >= 11 is 0. The molecule has 0 radical (unpaired) electrons. The average Bonchev–Trinajstić information content (AvgIpc) is 2.32. The van der Waals surface area contributed by atoms with Gasteiger partial charge in [0.1, 0.15) is 5.54 Å². The van der Waals surface area contributed by atoms with Gasteiger partial charge >= 0.3 is 5.97 Å². The molecule has 0 aromatic rings. The molecule has 1 saturated carbocycles. The second-order valence-corrected chi connectivity index (χ2v) is 7.48. The Kier molecular flexibility index (Phi) is 6.67. The third-order valence-corrected chi connectivity index (χ3v) is 4.75. The van der Waals surface area contributed by atoms with E-state index < -0.39 is 11.5 Å². The van der Waals surface area contributed by atoms with Crippen LogP contribution < -0.4 is 5.32 Å². The molecule has 0 spiro atoms. The monoisotopic (exact) mass is 299 g/mol. The Morgan fingerprint density at radius 3 is 2.38 bits per heavy atom. The Morgan fingerprint density at radius 2 is 1.90 bits per heavy atom. The fraction of sp³-hybridized carbons (Fsp3) is 0.941. The highest BCUT2D eigenvalue weighted by atomic mass is 16.5. The number of rotatable bonds is 7. The van der Waals surface area contributed by atoms with Crippen LogP contribution >= 0.6 is 0 Å². The van der Waals surface area contributed by atoms with Crippen LogP contribution in [-0.2, 0) is 9.53 Å². The van der Waals surface area contributed by atoms with Crippen LogP contribution in [0.25, 0.3) is 0 Å². The van der Waals surface area contributed by atoms with Crippen molar-refractivity contribution >= 4 is 5.97 Å². The molecule has 21 heavy (non-hydrogen) atoms. The SMILES string of the molecule is CC(C)NC(C)(CC(C)OC1CCC(C)C(C)C1)C(=O)O. The molecule has 0 bridgehead atoms. The van der Waals surface area contributed by atoms with Crippen LogP contribution in [0.1, 0.15) is 67.2 Å². The maximum absolute atomic E-state index is 11.6. The molecule has 124 valence electrons. The van der Waals surface area contributed by atoms with Crippen LogP contribution in [0.3, 0.4) is 0 Å². The summed E-state index contributed by atoms with van der Waals surface area (Å²) in [4.78, 5) is 11.6. The normalized spacial score (nSPS) is 30.9. The first-order valence-electron chi connectivity index (χ1n) is 8.30. The van der Waals surface area contributed by atoms with Crippen molar-refractivity contribution in [3.05, 3.63) is 0 Å². The van der Waals surface area contributed by atoms with Gasteiger partial charge in [0.25, 0.3) is 0 Å². The van der Waals surface area contributed by atoms with Crippen LogP contribution in [0.15, 0.2) is 0 Å². The van der Waals surface area contributed by atoms with Crippen molar-refractivity contribution in [3.8, 4) is 0 Å². The van der Waals surface area contributed by atoms with E-state index in [-0.39, 0.29) is 18.2 Å². The number of hydrogen-bond donors (Lipinski definition) is 2. The maximum atomic E-state index is 11.6. The van der Waals surface area contributed by atoms with Gasteiger partial charge in [0, 0.05) is 12.5 Å². The number of ether oxygens (including phenoxy) is 1. The summed E-state index contributed by atoms with van der Waals surface area (Å²) in [5.41, 5.74) is -0.929. The van der Waals surface area contributed by atoms with Crippen LogP contribution in [-0.4, -0.2) is 34.9 Å². The van der Waals surface area contributed by atoms with E-state index in [1.165, 1.54) is 6.42 Å². The van der Waals surface area contributed by atoms with Gasteiger partial charge in [-0.05, 0) is 58.8 Å². The van der Waals surface area contributed by atoms with E-state index in [9.17, 15) is 9.90 Å². The minimum absolute atomic E-state index is 0.0528. The molecular weight excluding hydrogens is 266 g/mol. The van der Waals surface area contributed by atoms with Gasteiger partial charge in [0.05, 0.1) is 12.2 Å². The minimum atomic E-state index is -0.929. The first-order chi connectivity index (χ1) is 9.64. The lowest BCUT2D eigenvalue weighted by atomic mass is 9.80. The number of hydrogen-bond acceptors (Lipinski definition) is 3. The fourth-order valence-electron chi connectivity index (χ4n) is 3.42. The Bertz CT molecular complexity index is 345. The van der Waals surface area contributed by atoms with Crippen LogP contribution in [0.4, 0.5) is 0 Å². The van der Waals surface area contributed by atoms with Gasteiger partial charge in [-0.25, -0.2) is 0 Å². The molecule has 5 unspecified atom stereocenters. The maximum Gasteiger partial charge on any atom is 0.323 e. The van der Waals surface area contributed by atoms with Crippen molar-refractivity contribution in [1.82, 2.24) is 5.32 Å². The summed E-state index contributed by atoms with van der Waals surface area (Å²) in [6.45, 7) is 12.3. The van der Waals surface area contributed by atoms with E-state index in [4.69, 9.17) is 4.74 Å². The summed E-state index contributed by atoms with van der Waals surface area (Å²) in [5, 5.41) is 12.7. The molecule has 1 rings (SSSR count). The van der Waals surface area contributed by atoms with Crippen LogP contribution in [0.2, 0.25) is 0 Å². The standard InChI is InChI=1S/C17H33NO3/c1-11(2)18-17(6,16(19)20)10-14(5)21-15-8-7-12(3)13(4)9-15/h11-15,18H,7-10H2,1-6H3,(H,19,20). The third-order valence-electron chi connectivity index (χ3n) is 4.75. The van der Waals surface area contributed by atoms with Gasteiger partial charge in [-0.15, -0.1) is 0 Å². The lowest BCUT2D eigenvalue weighted by Crippen LogP contribution is -2.54. The molecule has 0 saturated heterocycles. The van der Waals surface area contributed by atoms with E-state index in [1.807, 2.05) is 20.8 Å². The molecule has 0 aliphatic heterocycles. The number of carbonyl (C=O) groups is 1. The minimum Gasteiger partial charge on any atom is -0.480 e. The molecule has 1 aliphatic rings. The van der Waals surface area contributed by atoms with E-state index in [2.05, 4.69) is 19.2 Å². The van der Waals surface area contributed by atoms with Crippen molar-refractivity contribution in [1.29, 1.82) is 0 Å². The second kappa shape index (κ2) is 7.59. The number of aliphatic carboxylic acids is 1. The summed E-state index contributed by atoms with van der Waals surface area (Å²) in [6.07, 6.45) is 4.11. The summed E-state index contributed by atoms with van der Waals surface area (Å²) in [7, 11) is 0. The molecule has 0 aromatic carbocycles. The van der Waals surface area contributed by atoms with Gasteiger partial charge < -0.3 is 9.84 Å². The molecule has 1 aliphatic carbocycles. The molecule has 0 amide bonds. The zero-order valence-corrected chi connectivity index (χ0v) is 14.5. The average molecular weight is 299 g/mol. The highest BCUT2D eigenvalue weighted by molar-refractivity contribution is 5.78. The van der Waals surface area contributed by atoms with Gasteiger partial charge in [0.2, 0.25) is 0 Å². The topological polar surface area (TPSA) is 58.6 Å². The molecule has 1 fully saturated rings. The molecule has 4 heteroatoms. The fourth-order valence-corrected chi connectivity index (χ4v) is 3.42. The van der Waals surface area contributed by atoms with Crippen LogP contribution in [0, 0.1) is 11.8 Å². The van der Waals surface area contributed by atoms with Gasteiger partial charge in [-0.1, -0.05) is 13.8 Å². The number of carboxylic acid groups (broad SMARTS) is 1. The van der Waals surface area contributed by atoms with Gasteiger partial charge in [0.15, 0.2) is 0 Å². The highest BCUT2D eigenvalue weighted by Gasteiger charge is 2.36. The van der Waals surface area contributed by atoms with Crippen molar-refractivity contribution in [3.63, 3.8) is 0 Å². The third kappa shape index (κ3) is 5.59. The molecule has 4 nitrogen and oxygen atoms in total. The summed E-state index contributed by atoms with van der Waals surface area (Å²) in [6, 6.07) is 0.133. The summed E-state index contributed by atoms with van der Waals surface area (Å²) < 4.78 is 6.13. The molecular formula is C17H33NO3. The van der Waals surface area contributed by atoms with Crippen molar-refractivity contribution in [2.45, 2.75) is 91.0 Å². The molecule has 5 atom stereocenters. The number of carboxylic acids is 1. The van der Waals surface area contributed by atoms with E-state index in [1.54, 1.807) is 6.92 Å². The van der Waals surface area contributed by atoms with E-state index in [0.29, 0.717) is 12.3 Å². The van der Waals surface area contributed by atoms with E-state index >= 15 is 0 Å². The van der Waals surface area contributed by atoms with Crippen molar-refractivity contribution in [2.24, 2.45) is 11.8 Å². The Morgan fingerprint density at radius 1 is 1.29 bits per heavy atom.